The summed E-state index contributed by atoms with van der Waals surface area (Å²) in [4.78, 5) is 9.95. The maximum Gasteiger partial charge on any atom is 0.223 e. The van der Waals surface area contributed by atoms with Gasteiger partial charge in [0.15, 0.2) is 0 Å². The van der Waals surface area contributed by atoms with Crippen LogP contribution in [-0.4, -0.2) is 23.1 Å². The first-order valence-corrected chi connectivity index (χ1v) is 4.95. The van der Waals surface area contributed by atoms with Crippen LogP contribution < -0.4 is 10.6 Å². The van der Waals surface area contributed by atoms with Crippen molar-refractivity contribution in [2.24, 2.45) is 0 Å². The lowest BCUT2D eigenvalue weighted by atomic mass is 10.2. The van der Waals surface area contributed by atoms with Crippen LogP contribution in [0.25, 0.3) is 0 Å². The van der Waals surface area contributed by atoms with Crippen LogP contribution in [0.1, 0.15) is 20.3 Å². The van der Waals surface area contributed by atoms with Gasteiger partial charge in [-0.05, 0) is 13.3 Å². The highest BCUT2D eigenvalue weighted by molar-refractivity contribution is 6.29. The molecule has 1 rings (SSSR count). The second-order valence-electron chi connectivity index (χ2n) is 3.28. The first kappa shape index (κ1) is 11.0. The topological polar surface area (TPSA) is 55.0 Å². The van der Waals surface area contributed by atoms with E-state index < -0.39 is 0 Å². The summed E-state index contributed by atoms with van der Waals surface area (Å²) in [6.07, 6.45) is 1.04. The Labute approximate surface area is 89.1 Å². The molecule has 2 N–H and O–H groups in total. The largest absolute Gasteiger partial charge is 0.368 e. The molecule has 1 unspecified atom stereocenters. The quantitative estimate of drug-likeness (QED) is 0.782. The molecule has 1 aromatic rings. The molecule has 0 aliphatic rings. The van der Waals surface area contributed by atoms with Crippen LogP contribution in [0.5, 0.6) is 0 Å². The summed E-state index contributed by atoms with van der Waals surface area (Å²) in [5.74, 6) is 0.972. The Balaban J connectivity index is 2.94. The van der Waals surface area contributed by atoms with Crippen molar-refractivity contribution in [3.63, 3.8) is 0 Å². The zero-order chi connectivity index (χ0) is 10.7. The molecule has 1 atom stereocenters. The highest BCUT2D eigenvalue weighted by Crippen LogP contribution is 2.18. The Hall–Kier alpha value is -1.03. The average molecular weight is 215 g/mol. The van der Waals surface area contributed by atoms with Crippen molar-refractivity contribution in [2.75, 3.05) is 17.7 Å². The van der Waals surface area contributed by atoms with E-state index in [1.165, 1.54) is 0 Å². The standard InChI is InChI=1S/C9H15ClN4/c1-4-6(2)14(3)8-5-7(10)12-9(11)13-8/h5-6H,4H2,1-3H3,(H2,11,12,13). The maximum atomic E-state index is 5.78. The highest BCUT2D eigenvalue weighted by Gasteiger charge is 2.10. The summed E-state index contributed by atoms with van der Waals surface area (Å²) < 4.78 is 0. The third kappa shape index (κ3) is 2.48. The fraction of sp³-hybridized carbons (Fsp3) is 0.556. The van der Waals surface area contributed by atoms with E-state index in [1.54, 1.807) is 6.07 Å². The van der Waals surface area contributed by atoms with Crippen LogP contribution in [0.15, 0.2) is 6.07 Å². The van der Waals surface area contributed by atoms with Gasteiger partial charge < -0.3 is 10.6 Å². The number of nitrogens with two attached hydrogens (primary N) is 1. The highest BCUT2D eigenvalue weighted by atomic mass is 35.5. The average Bonchev–Trinajstić information content (AvgIpc) is 2.14. The van der Waals surface area contributed by atoms with Crippen molar-refractivity contribution in [3.05, 3.63) is 11.2 Å². The predicted octanol–water partition coefficient (Wildman–Crippen LogP) is 1.95. The molecule has 0 bridgehead atoms. The molecule has 0 amide bonds. The number of rotatable bonds is 3. The summed E-state index contributed by atoms with van der Waals surface area (Å²) in [6.45, 7) is 4.24. The van der Waals surface area contributed by atoms with Crippen molar-refractivity contribution in [3.8, 4) is 0 Å². The van der Waals surface area contributed by atoms with Gasteiger partial charge in [0.25, 0.3) is 0 Å². The van der Waals surface area contributed by atoms with Crippen molar-refractivity contribution < 1.29 is 0 Å². The molecule has 0 saturated carbocycles. The molecule has 14 heavy (non-hydrogen) atoms. The van der Waals surface area contributed by atoms with Gasteiger partial charge in [-0.15, -0.1) is 0 Å². The molecule has 0 saturated heterocycles. The van der Waals surface area contributed by atoms with E-state index in [2.05, 4.69) is 23.8 Å². The van der Waals surface area contributed by atoms with Crippen LogP contribution in [-0.2, 0) is 0 Å². The van der Waals surface area contributed by atoms with Gasteiger partial charge in [0.2, 0.25) is 5.95 Å². The number of halogens is 1. The molecule has 5 heteroatoms. The molecule has 4 nitrogen and oxygen atoms in total. The summed E-state index contributed by atoms with van der Waals surface area (Å²) in [6, 6.07) is 2.12. The van der Waals surface area contributed by atoms with Gasteiger partial charge >= 0.3 is 0 Å². The van der Waals surface area contributed by atoms with E-state index >= 15 is 0 Å². The fourth-order valence-electron chi connectivity index (χ4n) is 1.10. The lowest BCUT2D eigenvalue weighted by Gasteiger charge is -2.24. The number of nitrogen functional groups attached to an aromatic ring is 1. The smallest absolute Gasteiger partial charge is 0.223 e. The van der Waals surface area contributed by atoms with E-state index in [0.717, 1.165) is 12.2 Å². The number of hydrogen-bond acceptors (Lipinski definition) is 4. The first-order chi connectivity index (χ1) is 6.54. The SMILES string of the molecule is CCC(C)N(C)c1cc(Cl)nc(N)n1. The molecule has 1 heterocycles. The van der Waals surface area contributed by atoms with E-state index in [0.29, 0.717) is 11.2 Å². The third-order valence-corrected chi connectivity index (χ3v) is 2.51. The van der Waals surface area contributed by atoms with Crippen LogP contribution in [0.3, 0.4) is 0 Å². The van der Waals surface area contributed by atoms with Crippen LogP contribution in [0, 0.1) is 0 Å². The minimum atomic E-state index is 0.211. The second-order valence-corrected chi connectivity index (χ2v) is 3.66. The van der Waals surface area contributed by atoms with Crippen LogP contribution >= 0.6 is 11.6 Å². The maximum absolute atomic E-state index is 5.78. The lowest BCUT2D eigenvalue weighted by Crippen LogP contribution is -2.29. The molecule has 0 spiro atoms. The lowest BCUT2D eigenvalue weighted by molar-refractivity contribution is 0.656. The van der Waals surface area contributed by atoms with Crippen molar-refractivity contribution >= 4 is 23.4 Å². The Morgan fingerprint density at radius 3 is 2.71 bits per heavy atom. The number of aromatic nitrogens is 2. The zero-order valence-electron chi connectivity index (χ0n) is 8.66. The van der Waals surface area contributed by atoms with Crippen molar-refractivity contribution in [1.82, 2.24) is 9.97 Å². The van der Waals surface area contributed by atoms with Crippen molar-refractivity contribution in [1.29, 1.82) is 0 Å². The predicted molar refractivity (Wildman–Crippen MR) is 59.6 cm³/mol. The zero-order valence-corrected chi connectivity index (χ0v) is 9.41. The number of hydrogen-bond donors (Lipinski definition) is 1. The van der Waals surface area contributed by atoms with E-state index in [-0.39, 0.29) is 5.95 Å². The minimum Gasteiger partial charge on any atom is -0.368 e. The van der Waals surface area contributed by atoms with Gasteiger partial charge in [0, 0.05) is 19.2 Å². The van der Waals surface area contributed by atoms with Crippen LogP contribution in [0.2, 0.25) is 5.15 Å². The Bertz CT molecular complexity index is 295. The molecule has 0 radical (unpaired) electrons. The molecule has 1 aromatic heterocycles. The van der Waals surface area contributed by atoms with Gasteiger partial charge in [0.05, 0.1) is 0 Å². The van der Waals surface area contributed by atoms with E-state index in [9.17, 15) is 0 Å². The van der Waals surface area contributed by atoms with Gasteiger partial charge in [-0.1, -0.05) is 18.5 Å². The van der Waals surface area contributed by atoms with Gasteiger partial charge in [0.1, 0.15) is 11.0 Å². The van der Waals surface area contributed by atoms with E-state index in [1.807, 2.05) is 11.9 Å². The van der Waals surface area contributed by atoms with E-state index in [4.69, 9.17) is 17.3 Å². The summed E-state index contributed by atoms with van der Waals surface area (Å²) >= 11 is 5.78. The van der Waals surface area contributed by atoms with Gasteiger partial charge in [-0.2, -0.15) is 4.98 Å². The Morgan fingerprint density at radius 2 is 2.21 bits per heavy atom. The van der Waals surface area contributed by atoms with Crippen molar-refractivity contribution in [2.45, 2.75) is 26.3 Å². The molecule has 0 fully saturated rings. The summed E-state index contributed by atoms with van der Waals surface area (Å²) in [7, 11) is 1.96. The minimum absolute atomic E-state index is 0.211. The summed E-state index contributed by atoms with van der Waals surface area (Å²) in [5.41, 5.74) is 5.51. The first-order valence-electron chi connectivity index (χ1n) is 4.57. The normalized spacial score (nSPS) is 12.6. The fourth-order valence-corrected chi connectivity index (χ4v) is 1.29. The molecule has 0 aromatic carbocycles. The monoisotopic (exact) mass is 214 g/mol. The Morgan fingerprint density at radius 1 is 1.57 bits per heavy atom. The molecular formula is C9H15ClN4. The second kappa shape index (κ2) is 4.46. The van der Waals surface area contributed by atoms with Crippen LogP contribution in [0.4, 0.5) is 11.8 Å². The third-order valence-electron chi connectivity index (χ3n) is 2.31. The number of nitrogens with zero attached hydrogens (tertiary/aromatic N) is 3. The molecular weight excluding hydrogens is 200 g/mol. The van der Waals surface area contributed by atoms with Gasteiger partial charge in [-0.3, -0.25) is 0 Å². The van der Waals surface area contributed by atoms with Gasteiger partial charge in [-0.25, -0.2) is 4.98 Å². The summed E-state index contributed by atoms with van der Waals surface area (Å²) in [5, 5.41) is 0.377. The number of anilines is 2. The molecule has 0 aliphatic heterocycles. The molecule has 0 aliphatic carbocycles. The Kier molecular flexibility index (Phi) is 3.52. The molecule has 78 valence electrons.